The van der Waals surface area contributed by atoms with Gasteiger partial charge in [0.25, 0.3) is 12.3 Å². The molecule has 0 atom stereocenters. The Bertz CT molecular complexity index is 1270. The zero-order valence-corrected chi connectivity index (χ0v) is 23.7. The van der Waals surface area contributed by atoms with Crippen LogP contribution in [0.25, 0.3) is 0 Å². The van der Waals surface area contributed by atoms with Crippen LogP contribution in [0.4, 0.5) is 26.3 Å². The third kappa shape index (κ3) is 12.3. The molecule has 0 fully saturated rings. The van der Waals surface area contributed by atoms with E-state index >= 15 is 0 Å². The SMILES string of the molecule is CCCOOSON=C(c1ccc(OCCOc2ccc(C(=NOS(=O)(=O)CCC)C(F)(F)F)cc2)cc1)C(F)(F)F. The van der Waals surface area contributed by atoms with Crippen molar-refractivity contribution in [2.75, 3.05) is 25.6 Å². The lowest BCUT2D eigenvalue weighted by Crippen LogP contribution is -2.25. The number of oxime groups is 2. The number of benzene rings is 2. The molecule has 0 saturated heterocycles. The van der Waals surface area contributed by atoms with Gasteiger partial charge in [0.15, 0.2) is 11.4 Å². The Morgan fingerprint density at radius 2 is 1.21 bits per heavy atom. The van der Waals surface area contributed by atoms with Gasteiger partial charge in [-0.25, -0.2) is 4.89 Å². The summed E-state index contributed by atoms with van der Waals surface area (Å²) in [5.41, 5.74) is -3.63. The minimum atomic E-state index is -5.00. The van der Waals surface area contributed by atoms with Gasteiger partial charge in [-0.3, -0.25) is 8.57 Å². The van der Waals surface area contributed by atoms with E-state index in [9.17, 15) is 34.8 Å². The van der Waals surface area contributed by atoms with Gasteiger partial charge in [-0.1, -0.05) is 24.2 Å². The quantitative estimate of drug-likeness (QED) is 0.0482. The minimum Gasteiger partial charge on any atom is -0.490 e. The fourth-order valence-corrected chi connectivity index (χ4v) is 3.86. The number of halogens is 6. The maximum Gasteiger partial charge on any atom is 0.437 e. The number of nitrogens with zero attached hydrogens (tertiary/aromatic N) is 2. The van der Waals surface area contributed by atoms with Crippen LogP contribution in [0.3, 0.4) is 0 Å². The summed E-state index contributed by atoms with van der Waals surface area (Å²) in [6.45, 7) is 3.40. The first-order chi connectivity index (χ1) is 19.8. The Labute approximate surface area is 242 Å². The average molecular weight is 649 g/mol. The van der Waals surface area contributed by atoms with Crippen LogP contribution in [-0.4, -0.2) is 57.8 Å². The molecule has 0 bridgehead atoms. The van der Waals surface area contributed by atoms with E-state index in [1.165, 1.54) is 31.2 Å². The summed E-state index contributed by atoms with van der Waals surface area (Å²) in [4.78, 5) is 4.59. The molecule has 234 valence electrons. The maximum absolute atomic E-state index is 13.4. The van der Waals surface area contributed by atoms with E-state index in [1.54, 1.807) is 6.92 Å². The summed E-state index contributed by atoms with van der Waals surface area (Å²) in [7, 11) is -4.26. The predicted octanol–water partition coefficient (Wildman–Crippen LogP) is 6.37. The van der Waals surface area contributed by atoms with Gasteiger partial charge >= 0.3 is 22.5 Å². The molecule has 0 heterocycles. The number of alkyl halides is 6. The molecule has 0 aliphatic heterocycles. The molecule has 0 N–H and O–H groups in total. The van der Waals surface area contributed by atoms with E-state index in [1.807, 2.05) is 0 Å². The monoisotopic (exact) mass is 648 g/mol. The number of hydrogen-bond donors (Lipinski definition) is 0. The second kappa shape index (κ2) is 16.4. The highest BCUT2D eigenvalue weighted by atomic mass is 32.2. The van der Waals surface area contributed by atoms with Gasteiger partial charge in [0, 0.05) is 11.1 Å². The molecule has 0 amide bonds. The highest BCUT2D eigenvalue weighted by Crippen LogP contribution is 2.26. The standard InChI is InChI=1S/C24H26F6N2O8S2/c1-3-13-37-40-41-38-31-21(23(25,26)27)17-5-9-19(10-6-17)35-14-15-36-20-11-7-18(8-12-20)22(24(28,29)30)32-39-42(33,34)16-4-2/h5-12H,3-4,13-16H2,1-2H3. The Morgan fingerprint density at radius 3 is 1.64 bits per heavy atom. The van der Waals surface area contributed by atoms with Crippen molar-refractivity contribution in [3.8, 4) is 11.5 Å². The van der Waals surface area contributed by atoms with Gasteiger partial charge < -0.3 is 9.47 Å². The molecule has 0 saturated carbocycles. The normalized spacial score (nSPS) is 13.1. The van der Waals surface area contributed by atoms with Gasteiger partial charge in [-0.15, -0.1) is 4.33 Å². The molecule has 18 heteroatoms. The number of rotatable bonds is 17. The lowest BCUT2D eigenvalue weighted by atomic mass is 10.1. The molecule has 0 radical (unpaired) electrons. The minimum absolute atomic E-state index is 0.0610. The predicted molar refractivity (Wildman–Crippen MR) is 140 cm³/mol. The van der Waals surface area contributed by atoms with Crippen LogP contribution in [0.1, 0.15) is 37.8 Å². The first-order valence-electron chi connectivity index (χ1n) is 12.1. The Kier molecular flexibility index (Phi) is 13.7. The van der Waals surface area contributed by atoms with Gasteiger partial charge in [-0.05, 0) is 61.4 Å². The van der Waals surface area contributed by atoms with Crippen molar-refractivity contribution in [1.29, 1.82) is 0 Å². The van der Waals surface area contributed by atoms with Crippen LogP contribution in [0, 0.1) is 0 Å². The number of ether oxygens (including phenoxy) is 2. The summed E-state index contributed by atoms with van der Waals surface area (Å²) >= 11 is 0.123. The first kappa shape index (κ1) is 35.0. The molecule has 2 rings (SSSR count). The second-order valence-electron chi connectivity index (χ2n) is 7.99. The van der Waals surface area contributed by atoms with E-state index in [-0.39, 0.29) is 55.6 Å². The van der Waals surface area contributed by atoms with Crippen LogP contribution in [0.2, 0.25) is 0 Å². The van der Waals surface area contributed by atoms with E-state index < -0.39 is 45.2 Å². The summed E-state index contributed by atoms with van der Waals surface area (Å²) in [5, 5.41) is 5.85. The second-order valence-corrected chi connectivity index (χ2v) is 10.1. The van der Waals surface area contributed by atoms with Crippen LogP contribution in [0.5, 0.6) is 11.5 Å². The van der Waals surface area contributed by atoms with E-state index in [0.717, 1.165) is 24.3 Å². The van der Waals surface area contributed by atoms with Gasteiger partial charge in [0.05, 0.1) is 12.4 Å². The smallest absolute Gasteiger partial charge is 0.437 e. The lowest BCUT2D eigenvalue weighted by Gasteiger charge is -2.12. The van der Waals surface area contributed by atoms with Crippen molar-refractivity contribution in [1.82, 2.24) is 0 Å². The van der Waals surface area contributed by atoms with Crippen molar-refractivity contribution >= 4 is 33.9 Å². The molecule has 0 aliphatic rings. The van der Waals surface area contributed by atoms with Crippen molar-refractivity contribution < 1.29 is 62.0 Å². The van der Waals surface area contributed by atoms with Gasteiger partial charge in [-0.2, -0.15) is 34.8 Å². The highest BCUT2D eigenvalue weighted by Gasteiger charge is 2.39. The molecular formula is C24H26F6N2O8S2. The van der Waals surface area contributed by atoms with Gasteiger partial charge in [0.2, 0.25) is 0 Å². The molecule has 10 nitrogen and oxygen atoms in total. The third-order valence-electron chi connectivity index (χ3n) is 4.63. The van der Waals surface area contributed by atoms with Crippen LogP contribution in [-0.2, 0) is 27.9 Å². The van der Waals surface area contributed by atoms with Crippen LogP contribution in [0.15, 0.2) is 58.8 Å². The van der Waals surface area contributed by atoms with Crippen LogP contribution < -0.4 is 9.47 Å². The Morgan fingerprint density at radius 1 is 0.738 bits per heavy atom. The molecule has 0 aromatic heterocycles. The summed E-state index contributed by atoms with van der Waals surface area (Å²) in [6, 6.07) is 9.19. The Hall–Kier alpha value is -3.22. The summed E-state index contributed by atoms with van der Waals surface area (Å²) in [6.07, 6.45) is -9.07. The van der Waals surface area contributed by atoms with Crippen molar-refractivity contribution in [2.45, 2.75) is 39.0 Å². The summed E-state index contributed by atoms with van der Waals surface area (Å²) in [5.74, 6) is -0.134. The lowest BCUT2D eigenvalue weighted by molar-refractivity contribution is -0.196. The van der Waals surface area contributed by atoms with Gasteiger partial charge in [0.1, 0.15) is 24.7 Å². The van der Waals surface area contributed by atoms with E-state index in [0.29, 0.717) is 6.42 Å². The molecule has 2 aromatic carbocycles. The largest absolute Gasteiger partial charge is 0.490 e. The molecule has 42 heavy (non-hydrogen) atoms. The fraction of sp³-hybridized carbons (Fsp3) is 0.417. The molecular weight excluding hydrogens is 622 g/mol. The Balaban J connectivity index is 1.93. The fourth-order valence-electron chi connectivity index (χ4n) is 2.86. The van der Waals surface area contributed by atoms with E-state index in [2.05, 4.69) is 28.1 Å². The van der Waals surface area contributed by atoms with Crippen molar-refractivity contribution in [2.24, 2.45) is 10.3 Å². The van der Waals surface area contributed by atoms with E-state index in [4.69, 9.17) is 9.47 Å². The zero-order valence-electron chi connectivity index (χ0n) is 22.1. The molecule has 0 aliphatic carbocycles. The average Bonchev–Trinajstić information content (AvgIpc) is 2.90. The summed E-state index contributed by atoms with van der Waals surface area (Å²) < 4.78 is 127. The molecule has 0 spiro atoms. The number of hydrogen-bond acceptors (Lipinski definition) is 11. The van der Waals surface area contributed by atoms with Crippen molar-refractivity contribution in [3.63, 3.8) is 0 Å². The maximum atomic E-state index is 13.4. The highest BCUT2D eigenvalue weighted by molar-refractivity contribution is 7.89. The third-order valence-corrected chi connectivity index (χ3v) is 6.13. The first-order valence-corrected chi connectivity index (χ1v) is 14.3. The topological polar surface area (TPSA) is 114 Å². The molecule has 0 unspecified atom stereocenters. The zero-order chi connectivity index (χ0) is 31.2. The molecule has 2 aromatic rings. The van der Waals surface area contributed by atoms with Crippen molar-refractivity contribution in [3.05, 3.63) is 59.7 Å². The van der Waals surface area contributed by atoms with Crippen LogP contribution >= 0.6 is 12.3 Å².